The molecule has 0 saturated heterocycles. The number of rotatable bonds is 8. The van der Waals surface area contributed by atoms with Crippen LogP contribution in [0.1, 0.15) is 34.1 Å². The summed E-state index contributed by atoms with van der Waals surface area (Å²) in [5.74, 6) is -0.745. The Bertz CT molecular complexity index is 181. The highest BCUT2D eigenvalue weighted by Crippen LogP contribution is 2.00. The highest BCUT2D eigenvalue weighted by atomic mass is 16.5. The van der Waals surface area contributed by atoms with Crippen LogP contribution in [0.5, 0.6) is 0 Å². The molecule has 0 spiro atoms. The molecule has 0 unspecified atom stereocenters. The second-order valence-electron chi connectivity index (χ2n) is 4.19. The van der Waals surface area contributed by atoms with E-state index >= 15 is 0 Å². The summed E-state index contributed by atoms with van der Waals surface area (Å²) in [7, 11) is 0. The first kappa shape index (κ1) is 14.4. The summed E-state index contributed by atoms with van der Waals surface area (Å²) < 4.78 is 5.44. The van der Waals surface area contributed by atoms with E-state index in [4.69, 9.17) is 9.84 Å². The lowest BCUT2D eigenvalue weighted by Crippen LogP contribution is -2.36. The van der Waals surface area contributed by atoms with E-state index in [2.05, 4.69) is 18.7 Å². The molecule has 0 aromatic carbocycles. The Morgan fingerprint density at radius 2 is 1.87 bits per heavy atom. The summed E-state index contributed by atoms with van der Waals surface area (Å²) in [6.45, 7) is 10.2. The number of nitrogens with zero attached hydrogens (tertiary/aromatic N) is 1. The minimum absolute atomic E-state index is 0.194. The average molecular weight is 217 g/mol. The molecule has 4 heteroatoms. The van der Waals surface area contributed by atoms with Gasteiger partial charge in [0.15, 0.2) is 0 Å². The minimum atomic E-state index is -0.745. The summed E-state index contributed by atoms with van der Waals surface area (Å²) in [6.07, 6.45) is 0.429. The summed E-state index contributed by atoms with van der Waals surface area (Å²) >= 11 is 0. The van der Waals surface area contributed by atoms with Crippen LogP contribution in [0, 0.1) is 0 Å². The third-order valence-electron chi connectivity index (χ3n) is 2.17. The number of aliphatic carboxylic acids is 1. The second kappa shape index (κ2) is 7.65. The molecule has 0 rings (SSSR count). The zero-order valence-electron chi connectivity index (χ0n) is 10.2. The number of hydrogen-bond donors (Lipinski definition) is 1. The Hall–Kier alpha value is -0.610. The van der Waals surface area contributed by atoms with Gasteiger partial charge in [-0.05, 0) is 27.7 Å². The van der Waals surface area contributed by atoms with Crippen LogP contribution < -0.4 is 0 Å². The fraction of sp³-hybridized carbons (Fsp3) is 0.909. The minimum Gasteiger partial charge on any atom is -0.481 e. The molecule has 0 heterocycles. The van der Waals surface area contributed by atoms with Gasteiger partial charge in [0, 0.05) is 19.1 Å². The lowest BCUT2D eigenvalue weighted by atomic mass is 10.3. The van der Waals surface area contributed by atoms with Gasteiger partial charge in [-0.1, -0.05) is 0 Å². The van der Waals surface area contributed by atoms with Crippen LogP contribution in [0.3, 0.4) is 0 Å². The summed E-state index contributed by atoms with van der Waals surface area (Å²) in [5, 5.41) is 8.60. The molecule has 0 saturated carbocycles. The van der Waals surface area contributed by atoms with E-state index in [1.54, 1.807) is 0 Å². The van der Waals surface area contributed by atoms with Gasteiger partial charge >= 0.3 is 5.97 Å². The van der Waals surface area contributed by atoms with Crippen molar-refractivity contribution in [3.8, 4) is 0 Å². The first-order valence-corrected chi connectivity index (χ1v) is 5.51. The lowest BCUT2D eigenvalue weighted by Gasteiger charge is -2.25. The molecule has 0 aliphatic heterocycles. The molecule has 1 N–H and O–H groups in total. The van der Waals surface area contributed by atoms with Crippen molar-refractivity contribution in [2.24, 2.45) is 0 Å². The van der Waals surface area contributed by atoms with Gasteiger partial charge in [0.1, 0.15) is 0 Å². The van der Waals surface area contributed by atoms with Crippen LogP contribution >= 0.6 is 0 Å². The van der Waals surface area contributed by atoms with E-state index in [-0.39, 0.29) is 12.5 Å². The third kappa shape index (κ3) is 8.39. The Labute approximate surface area is 92.2 Å². The summed E-state index contributed by atoms with van der Waals surface area (Å²) in [5.41, 5.74) is 0. The van der Waals surface area contributed by atoms with E-state index < -0.39 is 5.97 Å². The SMILES string of the molecule is CC(C)OCCN(CCC(=O)O)C(C)C. The molecule has 0 atom stereocenters. The monoisotopic (exact) mass is 217 g/mol. The van der Waals surface area contributed by atoms with Crippen molar-refractivity contribution >= 4 is 5.97 Å². The average Bonchev–Trinajstić information content (AvgIpc) is 2.09. The molecule has 0 fully saturated rings. The number of carboxylic acid groups (broad SMARTS) is 1. The number of hydrogen-bond acceptors (Lipinski definition) is 3. The van der Waals surface area contributed by atoms with Gasteiger partial charge in [0.25, 0.3) is 0 Å². The van der Waals surface area contributed by atoms with Crippen LogP contribution in [0.2, 0.25) is 0 Å². The molecule has 0 aromatic heterocycles. The predicted molar refractivity (Wildman–Crippen MR) is 60.0 cm³/mol. The first-order valence-electron chi connectivity index (χ1n) is 5.51. The molecular formula is C11H23NO3. The summed E-state index contributed by atoms with van der Waals surface area (Å²) in [6, 6.07) is 0.361. The van der Waals surface area contributed by atoms with E-state index in [0.29, 0.717) is 19.2 Å². The van der Waals surface area contributed by atoms with E-state index in [9.17, 15) is 4.79 Å². The van der Waals surface area contributed by atoms with Crippen molar-refractivity contribution in [1.82, 2.24) is 4.90 Å². The fourth-order valence-electron chi connectivity index (χ4n) is 1.27. The van der Waals surface area contributed by atoms with Gasteiger partial charge in [-0.25, -0.2) is 0 Å². The van der Waals surface area contributed by atoms with Gasteiger partial charge in [-0.2, -0.15) is 0 Å². The maximum atomic E-state index is 10.5. The number of carboxylic acids is 1. The van der Waals surface area contributed by atoms with Crippen LogP contribution in [-0.2, 0) is 9.53 Å². The van der Waals surface area contributed by atoms with Crippen molar-refractivity contribution in [1.29, 1.82) is 0 Å². The molecule has 0 amide bonds. The molecule has 15 heavy (non-hydrogen) atoms. The van der Waals surface area contributed by atoms with E-state index in [0.717, 1.165) is 6.54 Å². The van der Waals surface area contributed by atoms with Gasteiger partial charge in [-0.15, -0.1) is 0 Å². The quantitative estimate of drug-likeness (QED) is 0.671. The fourth-order valence-corrected chi connectivity index (χ4v) is 1.27. The normalized spacial score (nSPS) is 11.7. The van der Waals surface area contributed by atoms with Crippen LogP contribution in [0.15, 0.2) is 0 Å². The smallest absolute Gasteiger partial charge is 0.304 e. The molecule has 90 valence electrons. The maximum Gasteiger partial charge on any atom is 0.304 e. The zero-order valence-corrected chi connectivity index (χ0v) is 10.2. The van der Waals surface area contributed by atoms with Crippen molar-refractivity contribution in [3.63, 3.8) is 0 Å². The standard InChI is InChI=1S/C11H23NO3/c1-9(2)12(6-5-11(13)14)7-8-15-10(3)4/h9-10H,5-8H2,1-4H3,(H,13,14). The zero-order chi connectivity index (χ0) is 11.8. The maximum absolute atomic E-state index is 10.5. The number of carbonyl (C=O) groups is 1. The first-order chi connectivity index (χ1) is 6.93. The van der Waals surface area contributed by atoms with Gasteiger partial charge in [0.05, 0.1) is 19.1 Å². The Morgan fingerprint density at radius 3 is 2.27 bits per heavy atom. The van der Waals surface area contributed by atoms with E-state index in [1.807, 2.05) is 13.8 Å². The molecular weight excluding hydrogens is 194 g/mol. The third-order valence-corrected chi connectivity index (χ3v) is 2.17. The largest absolute Gasteiger partial charge is 0.481 e. The number of ether oxygens (including phenoxy) is 1. The molecule has 0 aromatic rings. The van der Waals surface area contributed by atoms with Crippen LogP contribution in [-0.4, -0.2) is 47.8 Å². The lowest BCUT2D eigenvalue weighted by molar-refractivity contribution is -0.137. The second-order valence-corrected chi connectivity index (χ2v) is 4.19. The molecule has 4 nitrogen and oxygen atoms in total. The molecule has 0 bridgehead atoms. The van der Waals surface area contributed by atoms with E-state index in [1.165, 1.54) is 0 Å². The van der Waals surface area contributed by atoms with Crippen molar-refractivity contribution in [3.05, 3.63) is 0 Å². The highest BCUT2D eigenvalue weighted by Gasteiger charge is 2.10. The summed E-state index contributed by atoms with van der Waals surface area (Å²) in [4.78, 5) is 12.6. The van der Waals surface area contributed by atoms with Gasteiger partial charge in [0.2, 0.25) is 0 Å². The van der Waals surface area contributed by atoms with Gasteiger partial charge < -0.3 is 9.84 Å². The topological polar surface area (TPSA) is 49.8 Å². The Morgan fingerprint density at radius 1 is 1.27 bits per heavy atom. The highest BCUT2D eigenvalue weighted by molar-refractivity contribution is 5.66. The van der Waals surface area contributed by atoms with Crippen LogP contribution in [0.25, 0.3) is 0 Å². The molecule has 0 aliphatic rings. The van der Waals surface area contributed by atoms with Crippen molar-refractivity contribution < 1.29 is 14.6 Å². The Balaban J connectivity index is 3.78. The Kier molecular flexibility index (Phi) is 7.34. The van der Waals surface area contributed by atoms with Crippen LogP contribution in [0.4, 0.5) is 0 Å². The molecule has 0 radical (unpaired) electrons. The van der Waals surface area contributed by atoms with Gasteiger partial charge in [-0.3, -0.25) is 9.69 Å². The predicted octanol–water partition coefficient (Wildman–Crippen LogP) is 1.60. The van der Waals surface area contributed by atoms with Crippen molar-refractivity contribution in [2.45, 2.75) is 46.3 Å². The molecule has 0 aliphatic carbocycles. The van der Waals surface area contributed by atoms with Crippen molar-refractivity contribution in [2.75, 3.05) is 19.7 Å².